The summed E-state index contributed by atoms with van der Waals surface area (Å²) < 4.78 is 5.55. The number of anilines is 1. The van der Waals surface area contributed by atoms with Crippen LogP contribution in [0.15, 0.2) is 36.4 Å². The van der Waals surface area contributed by atoms with Gasteiger partial charge in [0.05, 0.1) is 10.7 Å². The number of ketones is 1. The van der Waals surface area contributed by atoms with Gasteiger partial charge in [0.25, 0.3) is 5.91 Å². The third-order valence-electron chi connectivity index (χ3n) is 4.01. The molecule has 0 saturated carbocycles. The van der Waals surface area contributed by atoms with Gasteiger partial charge in [-0.15, -0.1) is 0 Å². The molecule has 1 saturated heterocycles. The molecule has 2 aromatic rings. The van der Waals surface area contributed by atoms with Gasteiger partial charge in [-0.3, -0.25) is 9.59 Å². The van der Waals surface area contributed by atoms with E-state index in [0.717, 1.165) is 0 Å². The third kappa shape index (κ3) is 2.10. The molecule has 0 aromatic heterocycles. The summed E-state index contributed by atoms with van der Waals surface area (Å²) in [4.78, 5) is 25.0. The fraction of sp³-hybridized carbons (Fsp3) is 0.125. The van der Waals surface area contributed by atoms with Crippen molar-refractivity contribution in [3.05, 3.63) is 62.6 Å². The van der Waals surface area contributed by atoms with Gasteiger partial charge in [-0.05, 0) is 36.4 Å². The van der Waals surface area contributed by atoms with Crippen molar-refractivity contribution in [2.45, 2.75) is 11.7 Å². The highest BCUT2D eigenvalue weighted by molar-refractivity contribution is 6.38. The van der Waals surface area contributed by atoms with Gasteiger partial charge >= 0.3 is 0 Å². The molecule has 7 heteroatoms. The average Bonchev–Trinajstić information content (AvgIpc) is 3.20. The minimum atomic E-state index is -1.35. The molecule has 1 amide bonds. The highest BCUT2D eigenvalue weighted by Gasteiger charge is 2.70. The summed E-state index contributed by atoms with van der Waals surface area (Å²) in [5.41, 5.74) is 0.00562. The summed E-state index contributed by atoms with van der Waals surface area (Å²) in [6, 6.07) is 9.54. The molecule has 2 aliphatic heterocycles. The number of nitrogens with one attached hydrogen (secondary N) is 1. The van der Waals surface area contributed by atoms with Crippen molar-refractivity contribution in [2.24, 2.45) is 0 Å². The summed E-state index contributed by atoms with van der Waals surface area (Å²) in [6.45, 7) is 0. The van der Waals surface area contributed by atoms with Crippen molar-refractivity contribution in [3.63, 3.8) is 0 Å². The van der Waals surface area contributed by atoms with Crippen LogP contribution in [0.25, 0.3) is 0 Å². The number of halogens is 3. The number of epoxide rings is 1. The Bertz CT molecular complexity index is 866. The molecule has 2 aromatic carbocycles. The lowest BCUT2D eigenvalue weighted by Crippen LogP contribution is -2.27. The van der Waals surface area contributed by atoms with E-state index in [9.17, 15) is 9.59 Å². The normalized spacial score (nSPS) is 24.5. The Balaban J connectivity index is 1.74. The van der Waals surface area contributed by atoms with Crippen molar-refractivity contribution in [2.75, 3.05) is 5.32 Å². The van der Waals surface area contributed by atoms with E-state index in [4.69, 9.17) is 39.5 Å². The molecule has 0 unspecified atom stereocenters. The first-order valence-corrected chi connectivity index (χ1v) is 7.85. The van der Waals surface area contributed by atoms with Gasteiger partial charge in [-0.2, -0.15) is 0 Å². The molecule has 1 spiro atoms. The molecule has 2 atom stereocenters. The number of amides is 1. The van der Waals surface area contributed by atoms with E-state index < -0.39 is 17.6 Å². The largest absolute Gasteiger partial charge is 0.342 e. The number of fused-ring (bicyclic) bond motifs is 2. The van der Waals surface area contributed by atoms with E-state index in [1.54, 1.807) is 30.3 Å². The smallest absolute Gasteiger partial charge is 0.264 e. The molecule has 0 aliphatic carbocycles. The second kappa shape index (κ2) is 4.95. The highest BCUT2D eigenvalue weighted by Crippen LogP contribution is 2.56. The van der Waals surface area contributed by atoms with Gasteiger partial charge in [-0.1, -0.05) is 34.8 Å². The van der Waals surface area contributed by atoms with Crippen molar-refractivity contribution in [3.8, 4) is 0 Å². The van der Waals surface area contributed by atoms with Crippen LogP contribution in [0, 0.1) is 0 Å². The summed E-state index contributed by atoms with van der Waals surface area (Å²) in [6.07, 6.45) is -0.903. The molecular formula is C16H8Cl3NO3. The molecule has 0 bridgehead atoms. The molecule has 4 nitrogen and oxygen atoms in total. The molecule has 2 heterocycles. The Hall–Kier alpha value is -1.59. The highest BCUT2D eigenvalue weighted by atomic mass is 35.5. The Morgan fingerprint density at radius 1 is 1.09 bits per heavy atom. The molecule has 4 rings (SSSR count). The van der Waals surface area contributed by atoms with Crippen LogP contribution in [0.1, 0.15) is 15.9 Å². The van der Waals surface area contributed by atoms with Gasteiger partial charge in [0, 0.05) is 21.2 Å². The monoisotopic (exact) mass is 367 g/mol. The van der Waals surface area contributed by atoms with Crippen LogP contribution < -0.4 is 5.32 Å². The topological polar surface area (TPSA) is 58.7 Å². The first-order chi connectivity index (χ1) is 10.9. The number of Topliss-reactive ketones (excluding diaryl/α,β-unsaturated/α-hetero) is 1. The Labute approximate surface area is 146 Å². The second-order valence-corrected chi connectivity index (χ2v) is 6.65. The van der Waals surface area contributed by atoms with Crippen LogP contribution in [-0.2, 0) is 15.1 Å². The zero-order chi connectivity index (χ0) is 16.4. The van der Waals surface area contributed by atoms with Crippen LogP contribution in [0.2, 0.25) is 15.1 Å². The van der Waals surface area contributed by atoms with Crippen molar-refractivity contribution >= 4 is 52.2 Å². The third-order valence-corrected chi connectivity index (χ3v) is 4.78. The predicted molar refractivity (Wildman–Crippen MR) is 87.4 cm³/mol. The van der Waals surface area contributed by atoms with Crippen LogP contribution in [0.5, 0.6) is 0 Å². The maximum Gasteiger partial charge on any atom is 0.264 e. The van der Waals surface area contributed by atoms with Gasteiger partial charge in [0.15, 0.2) is 11.9 Å². The van der Waals surface area contributed by atoms with E-state index >= 15 is 0 Å². The minimum Gasteiger partial charge on any atom is -0.342 e. The number of carbonyl (C=O) groups excluding carboxylic acids is 2. The Morgan fingerprint density at radius 2 is 1.78 bits per heavy atom. The number of carbonyl (C=O) groups is 2. The van der Waals surface area contributed by atoms with E-state index in [1.165, 1.54) is 6.07 Å². The zero-order valence-corrected chi connectivity index (χ0v) is 13.7. The van der Waals surface area contributed by atoms with Crippen molar-refractivity contribution in [1.82, 2.24) is 0 Å². The lowest BCUT2D eigenvalue weighted by atomic mass is 9.92. The fourth-order valence-electron chi connectivity index (χ4n) is 2.86. The van der Waals surface area contributed by atoms with Crippen molar-refractivity contribution < 1.29 is 14.3 Å². The van der Waals surface area contributed by atoms with E-state index in [0.29, 0.717) is 31.9 Å². The molecule has 0 radical (unpaired) electrons. The lowest BCUT2D eigenvalue weighted by molar-refractivity contribution is -0.120. The zero-order valence-electron chi connectivity index (χ0n) is 11.4. The molecular weight excluding hydrogens is 361 g/mol. The Kier molecular flexibility index (Phi) is 3.22. The van der Waals surface area contributed by atoms with Crippen molar-refractivity contribution in [1.29, 1.82) is 0 Å². The number of rotatable bonds is 2. The summed E-state index contributed by atoms with van der Waals surface area (Å²) in [7, 11) is 0. The summed E-state index contributed by atoms with van der Waals surface area (Å²) in [5.74, 6) is -0.704. The maximum absolute atomic E-state index is 12.6. The Morgan fingerprint density at radius 3 is 2.48 bits per heavy atom. The number of ether oxygens (including phenoxy) is 1. The number of hydrogen-bond donors (Lipinski definition) is 1. The molecule has 1 N–H and O–H groups in total. The number of hydrogen-bond acceptors (Lipinski definition) is 3. The van der Waals surface area contributed by atoms with Gasteiger partial charge < -0.3 is 10.1 Å². The van der Waals surface area contributed by atoms with Crippen LogP contribution >= 0.6 is 34.8 Å². The standard InChI is InChI=1S/C16H8Cl3NO3/c17-8-3-1-7(2-4-8)13(21)14-16(23-14)10-5-9(18)6-11(19)12(10)20-15(16)22/h1-6,14H,(H,20,22)/t14-,16-/m0/s1. The summed E-state index contributed by atoms with van der Waals surface area (Å²) in [5, 5.41) is 3.87. The predicted octanol–water partition coefficient (Wildman–Crippen LogP) is 4.08. The lowest BCUT2D eigenvalue weighted by Gasteiger charge is -2.05. The SMILES string of the molecule is O=C(c1ccc(Cl)cc1)[C@@H]1O[C@]12C(=O)Nc1c(Cl)cc(Cl)cc12. The van der Waals surface area contributed by atoms with Crippen LogP contribution in [-0.4, -0.2) is 17.8 Å². The van der Waals surface area contributed by atoms with Gasteiger partial charge in [0.2, 0.25) is 5.60 Å². The van der Waals surface area contributed by atoms with Gasteiger partial charge in [-0.25, -0.2) is 0 Å². The minimum absolute atomic E-state index is 0.291. The second-order valence-electron chi connectivity index (χ2n) is 5.37. The summed E-state index contributed by atoms with van der Waals surface area (Å²) >= 11 is 17.9. The maximum atomic E-state index is 12.6. The van der Waals surface area contributed by atoms with E-state index in [1.807, 2.05) is 0 Å². The van der Waals surface area contributed by atoms with Gasteiger partial charge in [0.1, 0.15) is 0 Å². The van der Waals surface area contributed by atoms with Crippen LogP contribution in [0.3, 0.4) is 0 Å². The quantitative estimate of drug-likeness (QED) is 0.642. The first-order valence-electron chi connectivity index (χ1n) is 6.72. The molecule has 2 aliphatic rings. The van der Waals surface area contributed by atoms with E-state index in [2.05, 4.69) is 5.32 Å². The first kappa shape index (κ1) is 15.0. The molecule has 23 heavy (non-hydrogen) atoms. The number of benzene rings is 2. The van der Waals surface area contributed by atoms with E-state index in [-0.39, 0.29) is 5.78 Å². The van der Waals surface area contributed by atoms with Crippen LogP contribution in [0.4, 0.5) is 5.69 Å². The average molecular weight is 369 g/mol. The fourth-order valence-corrected chi connectivity index (χ4v) is 3.52. The molecule has 1 fully saturated rings. The molecule has 116 valence electrons.